The van der Waals surface area contributed by atoms with E-state index in [-0.39, 0.29) is 38.6 Å². The van der Waals surface area contributed by atoms with E-state index in [1.165, 1.54) is 22.8 Å². The van der Waals surface area contributed by atoms with Crippen molar-refractivity contribution < 1.29 is 42.2 Å². The van der Waals surface area contributed by atoms with Crippen molar-refractivity contribution in [2.45, 2.75) is 78.6 Å². The molecule has 0 aliphatic carbocycles. The van der Waals surface area contributed by atoms with Gasteiger partial charge >= 0.3 is 0 Å². The number of nitrogens with zero attached hydrogens (tertiary/aromatic N) is 4. The van der Waals surface area contributed by atoms with E-state index < -0.39 is 185 Å². The van der Waals surface area contributed by atoms with Gasteiger partial charge in [-0.05, 0) is 142 Å². The van der Waals surface area contributed by atoms with Gasteiger partial charge in [-0.3, -0.25) is 13.7 Å². The molecule has 0 radical (unpaired) electrons. The summed E-state index contributed by atoms with van der Waals surface area (Å²) in [6.07, 6.45) is 5.32. The minimum atomic E-state index is -6.42. The van der Waals surface area contributed by atoms with Crippen LogP contribution >= 0.6 is 0 Å². The van der Waals surface area contributed by atoms with Gasteiger partial charge in [-0.2, -0.15) is 0 Å². The molecule has 90 heavy (non-hydrogen) atoms. The molecule has 0 N–H and O–H groups in total. The molecule has 3 aromatic heterocycles. The standard InChI is InChI=1S/C84H74N4OSi/c1-82(2,3)62-47-48-85-80(54-62)88-76-42-23-22-39-74(76)75-45-44-67(56-78(75)88)89-66-31-25-30-65(55-66)86-57-87(77-46-43-59(52-79(77)86)61-49-63(83(4,5)6)53-64(50-61)84(7,8)9)81-72(58-27-14-10-15-28-58)40-26-41-73(81)60-29-24-38-71(51-60)90(68-32-16-11-17-33-68,69-34-18-12-19-35-69)70-36-20-13-21-37-70/h10-56H,1-9H3/i10D,11D,12D,13D,14D,15D,16D,17D,18D,19D,20D,21D,24D,27D,28D,29D,32D,33D,34D,35D,36D,37D,38D,51D. The number of fused-ring (bicyclic) bond motifs is 4. The molecule has 0 aliphatic rings. The molecule has 14 aromatic rings. The molecular weight excluding hydrogens is 1110 g/mol. The second kappa shape index (κ2) is 22.8. The molecule has 0 amide bonds. The van der Waals surface area contributed by atoms with Crippen LogP contribution in [0.25, 0.3) is 83.4 Å². The summed E-state index contributed by atoms with van der Waals surface area (Å²) in [4.78, 5) is 4.88. The highest BCUT2D eigenvalue weighted by molar-refractivity contribution is 7.19. The largest absolute Gasteiger partial charge is 0.458 e. The minimum Gasteiger partial charge on any atom is -0.458 e. The van der Waals surface area contributed by atoms with E-state index >= 15 is 0 Å². The van der Waals surface area contributed by atoms with E-state index in [0.29, 0.717) is 34.1 Å². The SMILES string of the molecule is [2H]c1c([2H])c([2H])c(-c2cccc(-c3c([2H])c([2H])c([2H])c([Si](c4c([2H])c([2H])c([2H])c([2H])c4[2H])(c4c([2H])c([2H])c([2H])c([2H])c4[2H])c4c([2H])c([2H])c([2H])c([2H])c4[2H])c3[2H])c2-[n+]2[c-]n(-c3cccc(Oc4ccc5c6ccccc6n(-c6cc(C(C)(C)C)ccn6)c5c4)c3)c3cc(-c4cc(C(C)(C)C)cc(C(C)(C)C)c4)ccc32)c([2H])c1[2H]. The van der Waals surface area contributed by atoms with E-state index in [1.807, 2.05) is 54.6 Å². The second-order valence-electron chi connectivity index (χ2n) is 25.3. The van der Waals surface area contributed by atoms with Crippen LogP contribution < -0.4 is 30.1 Å². The van der Waals surface area contributed by atoms with Gasteiger partial charge in [0.25, 0.3) is 6.33 Å². The van der Waals surface area contributed by atoms with Crippen molar-refractivity contribution >= 4 is 61.7 Å². The molecule has 0 fully saturated rings. The lowest BCUT2D eigenvalue weighted by Gasteiger charge is -2.34. The first kappa shape index (κ1) is 36.4. The highest BCUT2D eigenvalue weighted by Crippen LogP contribution is 2.40. The fraction of sp³-hybridized carbons (Fsp3) is 0.143. The summed E-state index contributed by atoms with van der Waals surface area (Å²) in [5, 5.41) is -2.27. The van der Waals surface area contributed by atoms with Crippen molar-refractivity contribution in [1.29, 1.82) is 0 Å². The van der Waals surface area contributed by atoms with E-state index in [9.17, 15) is 24.7 Å². The summed E-state index contributed by atoms with van der Waals surface area (Å²) in [5.74, 6) is 1.48. The van der Waals surface area contributed by atoms with Crippen LogP contribution in [0, 0.1) is 6.33 Å². The van der Waals surface area contributed by atoms with Crippen LogP contribution in [0.4, 0.5) is 0 Å². The molecule has 0 aliphatic heterocycles. The topological polar surface area (TPSA) is 35.9 Å². The molecule has 6 heteroatoms. The van der Waals surface area contributed by atoms with Crippen LogP contribution in [0.15, 0.2) is 285 Å². The van der Waals surface area contributed by atoms with Gasteiger partial charge < -0.3 is 4.74 Å². The van der Waals surface area contributed by atoms with Gasteiger partial charge in [0.15, 0.2) is 8.07 Å². The van der Waals surface area contributed by atoms with E-state index in [2.05, 4.69) is 104 Å². The zero-order valence-electron chi connectivity index (χ0n) is 75.0. The van der Waals surface area contributed by atoms with Gasteiger partial charge in [0.1, 0.15) is 17.3 Å². The zero-order valence-corrected chi connectivity index (χ0v) is 52.0. The van der Waals surface area contributed by atoms with Crippen LogP contribution in [-0.4, -0.2) is 22.2 Å². The Bertz CT molecular complexity index is 6170. The summed E-state index contributed by atoms with van der Waals surface area (Å²) in [5.41, 5.74) is 4.59. The van der Waals surface area contributed by atoms with Gasteiger partial charge in [0.2, 0.25) is 0 Å². The van der Waals surface area contributed by atoms with Gasteiger partial charge in [0.05, 0.1) is 66.3 Å². The smallest absolute Gasteiger partial charge is 0.269 e. The predicted octanol–water partition coefficient (Wildman–Crippen LogP) is 18.3. The minimum absolute atomic E-state index is 0.195. The molecule has 0 spiro atoms. The first-order chi connectivity index (χ1) is 53.5. The first-order valence-corrected chi connectivity index (χ1v) is 31.5. The quantitative estimate of drug-likeness (QED) is 0.0529. The van der Waals surface area contributed by atoms with E-state index in [4.69, 9.17) is 17.9 Å². The Labute approximate surface area is 564 Å². The van der Waals surface area contributed by atoms with Crippen molar-refractivity contribution in [3.8, 4) is 62.1 Å². The van der Waals surface area contributed by atoms with Crippen LogP contribution in [0.3, 0.4) is 0 Å². The lowest BCUT2D eigenvalue weighted by Crippen LogP contribution is -2.74. The summed E-state index contributed by atoms with van der Waals surface area (Å²) < 4.78 is 241. The zero-order chi connectivity index (χ0) is 82.8. The van der Waals surface area contributed by atoms with Crippen LogP contribution in [0.2, 0.25) is 0 Å². The number of hydrogen-bond donors (Lipinski definition) is 0. The third-order valence-corrected chi connectivity index (χ3v) is 20.4. The summed E-state index contributed by atoms with van der Waals surface area (Å²) >= 11 is 0. The molecule has 0 atom stereocenters. The molecule has 14 rings (SSSR count). The lowest BCUT2D eigenvalue weighted by atomic mass is 9.79. The van der Waals surface area contributed by atoms with Gasteiger partial charge in [-0.1, -0.05) is 280 Å². The van der Waals surface area contributed by atoms with E-state index in [1.54, 1.807) is 41.1 Å². The molecule has 0 bridgehead atoms. The fourth-order valence-corrected chi connectivity index (χ4v) is 15.3. The number of para-hydroxylation sites is 2. The average molecular weight is 1210 g/mol. The van der Waals surface area contributed by atoms with Gasteiger partial charge in [0, 0.05) is 23.0 Å². The maximum absolute atomic E-state index is 11.0. The summed E-state index contributed by atoms with van der Waals surface area (Å²) in [7, 11) is -6.42. The van der Waals surface area contributed by atoms with Crippen molar-refractivity contribution in [2.75, 3.05) is 0 Å². The third-order valence-electron chi connectivity index (χ3n) is 16.4. The highest BCUT2D eigenvalue weighted by Gasteiger charge is 2.41. The predicted molar refractivity (Wildman–Crippen MR) is 378 cm³/mol. The Morgan fingerprint density at radius 3 is 1.64 bits per heavy atom. The Hall–Kier alpha value is -10.1. The molecule has 11 aromatic carbocycles. The normalized spacial score (nSPS) is 16.0. The Balaban J connectivity index is 1.12. The number of aromatic nitrogens is 4. The van der Waals surface area contributed by atoms with Crippen LogP contribution in [0.1, 0.15) is 112 Å². The Kier molecular flexibility index (Phi) is 9.20. The fourth-order valence-electron chi connectivity index (χ4n) is 11.7. The number of rotatable bonds is 12. The van der Waals surface area contributed by atoms with Crippen molar-refractivity contribution in [3.05, 3.63) is 308 Å². The van der Waals surface area contributed by atoms with Crippen LogP contribution in [0.5, 0.6) is 11.5 Å². The Morgan fingerprint density at radius 1 is 0.433 bits per heavy atom. The number of pyridine rings is 1. The number of imidazole rings is 1. The number of hydrogen-bond acceptors (Lipinski definition) is 2. The van der Waals surface area contributed by atoms with E-state index in [0.717, 1.165) is 44.1 Å². The maximum atomic E-state index is 11.0. The number of benzene rings is 11. The average Bonchev–Trinajstić information content (AvgIpc) is 0.864. The molecule has 0 unspecified atom stereocenters. The third kappa shape index (κ3) is 10.5. The van der Waals surface area contributed by atoms with Crippen molar-refractivity contribution in [3.63, 3.8) is 0 Å². The Morgan fingerprint density at radius 2 is 1.00 bits per heavy atom. The molecule has 440 valence electrons. The van der Waals surface area contributed by atoms with Gasteiger partial charge in [-0.25, -0.2) is 4.98 Å². The van der Waals surface area contributed by atoms with Crippen molar-refractivity contribution in [1.82, 2.24) is 14.1 Å². The molecule has 3 heterocycles. The molecule has 0 saturated heterocycles. The molecule has 5 nitrogen and oxygen atoms in total. The maximum Gasteiger partial charge on any atom is 0.269 e. The number of ether oxygens (including phenoxy) is 1. The highest BCUT2D eigenvalue weighted by atomic mass is 28.3. The monoisotopic (exact) mass is 1210 g/mol. The summed E-state index contributed by atoms with van der Waals surface area (Å²) in [6, 6.07) is 15.7. The first-order valence-electron chi connectivity index (χ1n) is 41.5. The summed E-state index contributed by atoms with van der Waals surface area (Å²) in [6.45, 7) is 19.1. The van der Waals surface area contributed by atoms with Crippen molar-refractivity contribution in [2.24, 2.45) is 0 Å². The lowest BCUT2D eigenvalue weighted by molar-refractivity contribution is -0.571. The second-order valence-corrected chi connectivity index (χ2v) is 28.8. The molecular formula is C84H74N4OSi. The van der Waals surface area contributed by atoms with Gasteiger partial charge in [-0.15, -0.1) is 0 Å². The van der Waals surface area contributed by atoms with Crippen LogP contribution in [-0.2, 0) is 16.2 Å². The molecule has 0 saturated carbocycles.